The number of halogens is 1. The number of rotatable bonds is 4. The Morgan fingerprint density at radius 3 is 2.43 bits per heavy atom. The van der Waals surface area contributed by atoms with Crippen molar-refractivity contribution in [2.75, 3.05) is 13.1 Å². The molecule has 0 unspecified atom stereocenters. The van der Waals surface area contributed by atoms with E-state index in [1.807, 2.05) is 54.8 Å². The van der Waals surface area contributed by atoms with Crippen molar-refractivity contribution in [3.05, 3.63) is 64.5 Å². The van der Waals surface area contributed by atoms with Gasteiger partial charge >= 0.3 is 0 Å². The van der Waals surface area contributed by atoms with Crippen LogP contribution in [0.2, 0.25) is 0 Å². The normalized spacial score (nSPS) is 20.3. The van der Waals surface area contributed by atoms with Gasteiger partial charge in [-0.2, -0.15) is 0 Å². The number of piperazine rings is 1. The molecule has 4 heterocycles. The van der Waals surface area contributed by atoms with Crippen molar-refractivity contribution in [1.82, 2.24) is 25.1 Å². The molecule has 2 bridgehead atoms. The Hall–Kier alpha value is -3.20. The number of pyridine rings is 1. The molecule has 2 N–H and O–H groups in total. The van der Waals surface area contributed by atoms with Crippen LogP contribution in [-0.4, -0.2) is 68.7 Å². The van der Waals surface area contributed by atoms with Crippen molar-refractivity contribution in [2.45, 2.75) is 45.3 Å². The lowest BCUT2D eigenvalue weighted by Gasteiger charge is -2.39. The predicted octanol–water partition coefficient (Wildman–Crippen LogP) is 3.60. The van der Waals surface area contributed by atoms with Gasteiger partial charge in [0.1, 0.15) is 17.4 Å². The predicted molar refractivity (Wildman–Crippen MR) is 136 cm³/mol. The van der Waals surface area contributed by atoms with Crippen molar-refractivity contribution in [2.24, 2.45) is 5.41 Å². The minimum absolute atomic E-state index is 0.0491. The van der Waals surface area contributed by atoms with Crippen molar-refractivity contribution in [1.29, 1.82) is 0 Å². The van der Waals surface area contributed by atoms with Gasteiger partial charge in [0.25, 0.3) is 11.8 Å². The molecule has 0 spiro atoms. The summed E-state index contributed by atoms with van der Waals surface area (Å²) in [4.78, 5) is 50.8. The van der Waals surface area contributed by atoms with Gasteiger partial charge in [0, 0.05) is 34.7 Å². The zero-order valence-corrected chi connectivity index (χ0v) is 21.5. The van der Waals surface area contributed by atoms with Gasteiger partial charge < -0.3 is 20.1 Å². The van der Waals surface area contributed by atoms with Gasteiger partial charge in [-0.05, 0) is 52.0 Å². The highest BCUT2D eigenvalue weighted by Gasteiger charge is 2.50. The Labute approximate surface area is 212 Å². The summed E-state index contributed by atoms with van der Waals surface area (Å²) in [6, 6.07) is 12.2. The maximum Gasteiger partial charge on any atom is 0.272 e. The minimum atomic E-state index is -0.696. The molecule has 0 radical (unpaired) electrons. The molecule has 3 aromatic rings. The molecular weight excluding hydrogens is 510 g/mol. The van der Waals surface area contributed by atoms with Gasteiger partial charge in [-0.3, -0.25) is 14.4 Å². The number of H-pyrrole nitrogens is 1. The van der Waals surface area contributed by atoms with E-state index in [1.54, 1.807) is 24.4 Å². The van der Waals surface area contributed by atoms with Crippen LogP contribution in [0.5, 0.6) is 0 Å². The second-order valence-electron chi connectivity index (χ2n) is 10.4. The maximum atomic E-state index is 13.7. The number of aromatic amines is 1. The highest BCUT2D eigenvalue weighted by molar-refractivity contribution is 9.10. The fraction of sp³-hybridized carbons (Fsp3) is 0.385. The molecule has 0 aliphatic carbocycles. The molecule has 2 saturated heterocycles. The monoisotopic (exact) mass is 537 g/mol. The van der Waals surface area contributed by atoms with Crippen LogP contribution in [0.15, 0.2) is 53.1 Å². The summed E-state index contributed by atoms with van der Waals surface area (Å²) in [5, 5.41) is 3.92. The molecule has 8 nitrogen and oxygen atoms in total. The average molecular weight is 538 g/mol. The highest BCUT2D eigenvalue weighted by Crippen LogP contribution is 2.34. The van der Waals surface area contributed by atoms with Gasteiger partial charge in [-0.15, -0.1) is 0 Å². The van der Waals surface area contributed by atoms with Crippen LogP contribution in [0.1, 0.15) is 48.2 Å². The Balaban J connectivity index is 1.29. The Morgan fingerprint density at radius 1 is 1.09 bits per heavy atom. The fourth-order valence-electron chi connectivity index (χ4n) is 5.05. The van der Waals surface area contributed by atoms with E-state index in [0.717, 1.165) is 21.8 Å². The van der Waals surface area contributed by atoms with E-state index in [0.29, 0.717) is 24.5 Å². The van der Waals surface area contributed by atoms with Crippen LogP contribution >= 0.6 is 15.9 Å². The molecule has 9 heteroatoms. The minimum Gasteiger partial charge on any atom is -0.351 e. The van der Waals surface area contributed by atoms with Crippen LogP contribution in [-0.2, 0) is 4.79 Å². The summed E-state index contributed by atoms with van der Waals surface area (Å²) in [6.45, 7) is 6.78. The zero-order chi connectivity index (χ0) is 24.9. The number of nitrogens with zero attached hydrogens (tertiary/aromatic N) is 3. The SMILES string of the molecule is CC(C)(C)[C@H](NC(=O)c1cc2ccccc2[nH]1)C(=O)N1C[C@@H]2C[C@H]1CN2C(=O)c1ccc(Br)cn1. The number of aromatic nitrogens is 2. The van der Waals surface area contributed by atoms with E-state index in [4.69, 9.17) is 0 Å². The van der Waals surface area contributed by atoms with Gasteiger partial charge in [-0.25, -0.2) is 4.98 Å². The van der Waals surface area contributed by atoms with Crippen molar-refractivity contribution < 1.29 is 14.4 Å². The number of hydrogen-bond acceptors (Lipinski definition) is 4. The van der Waals surface area contributed by atoms with Gasteiger partial charge in [0.15, 0.2) is 0 Å². The number of carbonyl (C=O) groups excluding carboxylic acids is 3. The molecule has 35 heavy (non-hydrogen) atoms. The summed E-state index contributed by atoms with van der Waals surface area (Å²) in [6.07, 6.45) is 2.35. The molecule has 3 amide bonds. The first kappa shape index (κ1) is 23.5. The standard InChI is InChI=1S/C26H28BrN5O3/c1-26(2,3)22(30-23(33)21-10-15-6-4-5-7-19(15)29-21)25(35)32-14-17-11-18(32)13-31(17)24(34)20-9-8-16(27)12-28-20/h4-10,12,17-18,22,29H,11,13-14H2,1-3H3,(H,30,33)/t17-,18-,22+/m0/s1. The lowest BCUT2D eigenvalue weighted by atomic mass is 9.85. The van der Waals surface area contributed by atoms with Crippen molar-refractivity contribution >= 4 is 44.6 Å². The summed E-state index contributed by atoms with van der Waals surface area (Å²) in [5.41, 5.74) is 1.21. The second kappa shape index (κ2) is 8.78. The van der Waals surface area contributed by atoms with E-state index < -0.39 is 11.5 Å². The summed E-state index contributed by atoms with van der Waals surface area (Å²) in [7, 11) is 0. The van der Waals surface area contributed by atoms with Gasteiger partial charge in [-0.1, -0.05) is 39.0 Å². The molecule has 3 atom stereocenters. The molecule has 2 aliphatic rings. The molecule has 1 aromatic carbocycles. The zero-order valence-electron chi connectivity index (χ0n) is 19.9. The quantitative estimate of drug-likeness (QED) is 0.531. The van der Waals surface area contributed by atoms with E-state index >= 15 is 0 Å². The third kappa shape index (κ3) is 4.45. The van der Waals surface area contributed by atoms with Crippen LogP contribution in [0, 0.1) is 5.41 Å². The summed E-state index contributed by atoms with van der Waals surface area (Å²) < 4.78 is 0.816. The van der Waals surface area contributed by atoms with E-state index in [2.05, 4.69) is 31.2 Å². The molecule has 182 valence electrons. The van der Waals surface area contributed by atoms with Crippen LogP contribution in [0.3, 0.4) is 0 Å². The number of nitrogens with one attached hydrogen (secondary N) is 2. The Morgan fingerprint density at radius 2 is 1.80 bits per heavy atom. The largest absolute Gasteiger partial charge is 0.351 e. The van der Waals surface area contributed by atoms with Crippen LogP contribution < -0.4 is 5.32 Å². The third-order valence-corrected chi connectivity index (χ3v) is 7.36. The number of benzene rings is 1. The first-order valence-electron chi connectivity index (χ1n) is 11.7. The van der Waals surface area contributed by atoms with Crippen molar-refractivity contribution in [3.63, 3.8) is 0 Å². The van der Waals surface area contributed by atoms with Gasteiger partial charge in [0.05, 0.1) is 12.1 Å². The fourth-order valence-corrected chi connectivity index (χ4v) is 5.29. The number of hydrogen-bond donors (Lipinski definition) is 2. The van der Waals surface area contributed by atoms with Crippen LogP contribution in [0.4, 0.5) is 0 Å². The summed E-state index contributed by atoms with van der Waals surface area (Å²) in [5.74, 6) is -0.531. The lowest BCUT2D eigenvalue weighted by Crippen LogP contribution is -2.59. The van der Waals surface area contributed by atoms with Gasteiger partial charge in [0.2, 0.25) is 5.91 Å². The molecule has 2 fully saturated rings. The number of likely N-dealkylation sites (tertiary alicyclic amines) is 2. The number of carbonyl (C=O) groups is 3. The maximum absolute atomic E-state index is 13.7. The average Bonchev–Trinajstić information content (AvgIpc) is 3.55. The Kier molecular flexibility index (Phi) is 5.91. The van der Waals surface area contributed by atoms with E-state index in [-0.39, 0.29) is 29.8 Å². The van der Waals surface area contributed by atoms with E-state index in [1.165, 1.54) is 0 Å². The molecule has 2 aliphatic heterocycles. The lowest BCUT2D eigenvalue weighted by molar-refractivity contribution is -0.138. The molecule has 2 aromatic heterocycles. The topological polar surface area (TPSA) is 98.4 Å². The first-order chi connectivity index (χ1) is 16.6. The molecule has 5 rings (SSSR count). The molecular formula is C26H28BrN5O3. The number of amides is 3. The second-order valence-corrected chi connectivity index (χ2v) is 11.3. The van der Waals surface area contributed by atoms with Crippen molar-refractivity contribution in [3.8, 4) is 0 Å². The Bertz CT molecular complexity index is 1260. The first-order valence-corrected chi connectivity index (χ1v) is 12.5. The number of para-hydroxylation sites is 1. The molecule has 0 saturated carbocycles. The third-order valence-electron chi connectivity index (χ3n) is 6.89. The highest BCUT2D eigenvalue weighted by atomic mass is 79.9. The van der Waals surface area contributed by atoms with E-state index in [9.17, 15) is 14.4 Å². The smallest absolute Gasteiger partial charge is 0.272 e. The van der Waals surface area contributed by atoms with Crippen LogP contribution in [0.25, 0.3) is 10.9 Å². The number of fused-ring (bicyclic) bond motifs is 3. The summed E-state index contributed by atoms with van der Waals surface area (Å²) >= 11 is 3.34.